The first-order chi connectivity index (χ1) is 10.3. The largest absolute Gasteiger partial charge is 0.364 e. The van der Waals surface area contributed by atoms with E-state index >= 15 is 0 Å². The summed E-state index contributed by atoms with van der Waals surface area (Å²) in [5, 5.41) is 7.43. The first-order valence-electron chi connectivity index (χ1n) is 8.07. The van der Waals surface area contributed by atoms with Gasteiger partial charge >= 0.3 is 0 Å². The summed E-state index contributed by atoms with van der Waals surface area (Å²) in [6.07, 6.45) is 8.78. The van der Waals surface area contributed by atoms with Crippen LogP contribution in [-0.4, -0.2) is 36.7 Å². The molecule has 2 bridgehead atoms. The number of aliphatic imine (C=N–C) groups is 1. The molecule has 1 aromatic rings. The summed E-state index contributed by atoms with van der Waals surface area (Å²) in [7, 11) is 3.86. The van der Waals surface area contributed by atoms with Crippen LogP contribution in [0.1, 0.15) is 37.8 Å². The number of guanidine groups is 1. The molecule has 1 aromatic heterocycles. The molecule has 1 N–H and O–H groups in total. The molecule has 3 atom stereocenters. The first kappa shape index (κ1) is 14.4. The quantitative estimate of drug-likeness (QED) is 0.669. The minimum Gasteiger partial charge on any atom is -0.364 e. The van der Waals surface area contributed by atoms with Crippen molar-refractivity contribution < 1.29 is 4.52 Å². The third-order valence-electron chi connectivity index (χ3n) is 5.15. The van der Waals surface area contributed by atoms with Gasteiger partial charge in [0, 0.05) is 26.7 Å². The van der Waals surface area contributed by atoms with E-state index in [2.05, 4.69) is 20.4 Å². The maximum Gasteiger partial charge on any atom is 0.193 e. The Morgan fingerprint density at radius 2 is 2.38 bits per heavy atom. The Labute approximate surface area is 126 Å². The number of fused-ring (bicyclic) bond motifs is 2. The lowest BCUT2D eigenvalue weighted by Gasteiger charge is -2.24. The zero-order chi connectivity index (χ0) is 14.7. The zero-order valence-corrected chi connectivity index (χ0v) is 13.1. The Balaban J connectivity index is 1.42. The highest BCUT2D eigenvalue weighted by Crippen LogP contribution is 2.49. The molecule has 2 saturated carbocycles. The number of hydrogen-bond donors (Lipinski definition) is 1. The Morgan fingerprint density at radius 3 is 3.00 bits per heavy atom. The fraction of sp³-hybridized carbons (Fsp3) is 0.750. The summed E-state index contributed by atoms with van der Waals surface area (Å²) < 4.78 is 4.87. The zero-order valence-electron chi connectivity index (χ0n) is 13.1. The summed E-state index contributed by atoms with van der Waals surface area (Å²) in [4.78, 5) is 6.44. The molecule has 0 saturated heterocycles. The van der Waals surface area contributed by atoms with Crippen LogP contribution in [0.25, 0.3) is 0 Å². The highest BCUT2D eigenvalue weighted by molar-refractivity contribution is 5.79. The lowest BCUT2D eigenvalue weighted by molar-refractivity contribution is 0.313. The highest BCUT2D eigenvalue weighted by atomic mass is 16.5. The molecule has 3 unspecified atom stereocenters. The predicted octanol–water partition coefficient (Wildman–Crippen LogP) is 2.51. The van der Waals surface area contributed by atoms with Crippen LogP contribution in [0, 0.1) is 17.8 Å². The molecule has 1 heterocycles. The van der Waals surface area contributed by atoms with Gasteiger partial charge in [-0.05, 0) is 43.4 Å². The Morgan fingerprint density at radius 1 is 1.48 bits per heavy atom. The molecule has 0 radical (unpaired) electrons. The van der Waals surface area contributed by atoms with Crippen molar-refractivity contribution in [3.05, 3.63) is 18.0 Å². The molecular weight excluding hydrogens is 264 g/mol. The normalized spacial score (nSPS) is 28.1. The van der Waals surface area contributed by atoms with Gasteiger partial charge < -0.3 is 14.7 Å². The SMILES string of the molecule is CN=C(NCCC1CC2CCC1C2)N(C)Cc1ccon1. The van der Waals surface area contributed by atoms with Crippen molar-refractivity contribution >= 4 is 5.96 Å². The van der Waals surface area contributed by atoms with E-state index in [1.165, 1.54) is 32.1 Å². The second kappa shape index (κ2) is 6.50. The van der Waals surface area contributed by atoms with Gasteiger partial charge in [-0.2, -0.15) is 0 Å². The van der Waals surface area contributed by atoms with Gasteiger partial charge in [-0.15, -0.1) is 0 Å². The maximum absolute atomic E-state index is 4.87. The summed E-state index contributed by atoms with van der Waals surface area (Å²) >= 11 is 0. The highest BCUT2D eigenvalue weighted by Gasteiger charge is 2.38. The van der Waals surface area contributed by atoms with Crippen molar-refractivity contribution in [2.24, 2.45) is 22.7 Å². The van der Waals surface area contributed by atoms with E-state index in [0.717, 1.165) is 36.0 Å². The van der Waals surface area contributed by atoms with Crippen molar-refractivity contribution in [2.45, 2.75) is 38.6 Å². The fourth-order valence-corrected chi connectivity index (χ4v) is 4.12. The van der Waals surface area contributed by atoms with Gasteiger partial charge in [0.1, 0.15) is 12.0 Å². The smallest absolute Gasteiger partial charge is 0.193 e. The van der Waals surface area contributed by atoms with E-state index in [0.29, 0.717) is 6.54 Å². The van der Waals surface area contributed by atoms with E-state index in [-0.39, 0.29) is 0 Å². The van der Waals surface area contributed by atoms with Crippen molar-refractivity contribution in [2.75, 3.05) is 20.6 Å². The summed E-state index contributed by atoms with van der Waals surface area (Å²) in [5.74, 6) is 3.91. The van der Waals surface area contributed by atoms with Gasteiger partial charge in [-0.25, -0.2) is 0 Å². The molecule has 3 rings (SSSR count). The van der Waals surface area contributed by atoms with E-state index in [1.54, 1.807) is 6.26 Å². The van der Waals surface area contributed by atoms with Crippen LogP contribution in [0.5, 0.6) is 0 Å². The Kier molecular flexibility index (Phi) is 4.46. The summed E-state index contributed by atoms with van der Waals surface area (Å²) in [6.45, 7) is 1.73. The lowest BCUT2D eigenvalue weighted by atomic mass is 9.86. The van der Waals surface area contributed by atoms with Crippen LogP contribution < -0.4 is 5.32 Å². The summed E-state index contributed by atoms with van der Waals surface area (Å²) in [5.41, 5.74) is 0.925. The number of rotatable bonds is 5. The Hall–Kier alpha value is -1.52. The third-order valence-corrected chi connectivity index (χ3v) is 5.15. The van der Waals surface area contributed by atoms with E-state index < -0.39 is 0 Å². The first-order valence-corrected chi connectivity index (χ1v) is 8.07. The average molecular weight is 290 g/mol. The second-order valence-corrected chi connectivity index (χ2v) is 6.54. The van der Waals surface area contributed by atoms with Crippen LogP contribution in [0.2, 0.25) is 0 Å². The second-order valence-electron chi connectivity index (χ2n) is 6.54. The lowest BCUT2D eigenvalue weighted by Crippen LogP contribution is -2.39. The van der Waals surface area contributed by atoms with Crippen LogP contribution in [0.3, 0.4) is 0 Å². The number of aromatic nitrogens is 1. The van der Waals surface area contributed by atoms with Crippen LogP contribution in [0.4, 0.5) is 0 Å². The van der Waals surface area contributed by atoms with Gasteiger partial charge in [0.25, 0.3) is 0 Å². The molecular formula is C16H26N4O. The van der Waals surface area contributed by atoms with Crippen LogP contribution >= 0.6 is 0 Å². The topological polar surface area (TPSA) is 53.7 Å². The van der Waals surface area contributed by atoms with Gasteiger partial charge in [-0.3, -0.25) is 4.99 Å². The monoisotopic (exact) mass is 290 g/mol. The molecule has 2 fully saturated rings. The van der Waals surface area contributed by atoms with Gasteiger partial charge in [0.2, 0.25) is 0 Å². The third kappa shape index (κ3) is 3.39. The molecule has 0 spiro atoms. The average Bonchev–Trinajstić information content (AvgIpc) is 3.20. The molecule has 21 heavy (non-hydrogen) atoms. The van der Waals surface area contributed by atoms with Crippen molar-refractivity contribution in [1.82, 2.24) is 15.4 Å². The van der Waals surface area contributed by atoms with Crippen LogP contribution in [-0.2, 0) is 6.54 Å². The van der Waals surface area contributed by atoms with Gasteiger partial charge in [0.15, 0.2) is 5.96 Å². The molecule has 0 aromatic carbocycles. The molecule has 2 aliphatic rings. The Bertz CT molecular complexity index is 471. The van der Waals surface area contributed by atoms with Crippen molar-refractivity contribution in [3.63, 3.8) is 0 Å². The molecule has 5 heteroatoms. The molecule has 116 valence electrons. The van der Waals surface area contributed by atoms with Crippen molar-refractivity contribution in [3.8, 4) is 0 Å². The summed E-state index contributed by atoms with van der Waals surface area (Å²) in [6, 6.07) is 1.89. The van der Waals surface area contributed by atoms with Gasteiger partial charge in [-0.1, -0.05) is 11.6 Å². The fourth-order valence-electron chi connectivity index (χ4n) is 4.12. The molecule has 0 amide bonds. The molecule has 0 aliphatic heterocycles. The molecule has 5 nitrogen and oxygen atoms in total. The van der Waals surface area contributed by atoms with E-state index in [9.17, 15) is 0 Å². The predicted molar refractivity (Wildman–Crippen MR) is 82.9 cm³/mol. The minimum atomic E-state index is 0.713. The number of nitrogens with one attached hydrogen (secondary N) is 1. The van der Waals surface area contributed by atoms with Crippen LogP contribution in [0.15, 0.2) is 21.8 Å². The van der Waals surface area contributed by atoms with E-state index in [4.69, 9.17) is 4.52 Å². The minimum absolute atomic E-state index is 0.713. The number of hydrogen-bond acceptors (Lipinski definition) is 3. The maximum atomic E-state index is 4.87. The standard InChI is InChI=1S/C16H26N4O/c1-17-16(20(2)11-15-6-8-21-19-15)18-7-5-14-10-12-3-4-13(14)9-12/h6,8,12-14H,3-5,7,9-11H2,1-2H3,(H,17,18). The van der Waals surface area contributed by atoms with Gasteiger partial charge in [0.05, 0.1) is 6.54 Å². The molecule has 2 aliphatic carbocycles. The van der Waals surface area contributed by atoms with Crippen molar-refractivity contribution in [1.29, 1.82) is 0 Å². The van der Waals surface area contributed by atoms with E-state index in [1.807, 2.05) is 20.2 Å². The number of nitrogens with zero attached hydrogens (tertiary/aromatic N) is 3.